The summed E-state index contributed by atoms with van der Waals surface area (Å²) in [5.41, 5.74) is -0.549. The average Bonchev–Trinajstić information content (AvgIpc) is 3.53. The number of fused-ring (bicyclic) bond motifs is 1. The van der Waals surface area contributed by atoms with Crippen molar-refractivity contribution in [1.29, 1.82) is 0 Å². The van der Waals surface area contributed by atoms with Crippen molar-refractivity contribution < 1.29 is 18.8 Å². The molecule has 172 valence electrons. The molecule has 2 aliphatic rings. The van der Waals surface area contributed by atoms with Crippen LogP contribution in [-0.4, -0.2) is 57.1 Å². The maximum Gasteiger partial charge on any atom is 0.273 e. The summed E-state index contributed by atoms with van der Waals surface area (Å²) in [6, 6.07) is 5.32. The predicted molar refractivity (Wildman–Crippen MR) is 117 cm³/mol. The maximum atomic E-state index is 13.3. The van der Waals surface area contributed by atoms with E-state index in [9.17, 15) is 14.4 Å². The van der Waals surface area contributed by atoms with Gasteiger partial charge in [-0.15, -0.1) is 0 Å². The van der Waals surface area contributed by atoms with E-state index >= 15 is 0 Å². The molecule has 0 spiro atoms. The van der Waals surface area contributed by atoms with E-state index in [-0.39, 0.29) is 36.0 Å². The summed E-state index contributed by atoms with van der Waals surface area (Å²) in [7, 11) is 0. The summed E-state index contributed by atoms with van der Waals surface area (Å²) in [6.45, 7) is 4.84. The number of carbonyl (C=O) groups excluding carboxylic acids is 3. The van der Waals surface area contributed by atoms with Gasteiger partial charge in [0.05, 0.1) is 12.8 Å². The molecule has 2 aromatic heterocycles. The Morgan fingerprint density at radius 2 is 2.09 bits per heavy atom. The van der Waals surface area contributed by atoms with Crippen LogP contribution in [0.25, 0.3) is 0 Å². The Labute approximate surface area is 187 Å². The summed E-state index contributed by atoms with van der Waals surface area (Å²) in [6.07, 6.45) is 7.05. The Hall–Kier alpha value is -3.10. The number of amides is 3. The first-order valence-electron chi connectivity index (χ1n) is 11.4. The van der Waals surface area contributed by atoms with Gasteiger partial charge in [0, 0.05) is 31.6 Å². The fourth-order valence-electron chi connectivity index (χ4n) is 4.58. The van der Waals surface area contributed by atoms with Gasteiger partial charge in [0.2, 0.25) is 5.91 Å². The normalized spacial score (nSPS) is 20.9. The first-order chi connectivity index (χ1) is 15.4. The van der Waals surface area contributed by atoms with Gasteiger partial charge in [-0.1, -0.05) is 19.8 Å². The Bertz CT molecular complexity index is 977. The zero-order chi connectivity index (χ0) is 22.7. The molecule has 0 unspecified atom stereocenters. The SMILES string of the molecule is CCCN1C(=O)c2cc(C(=O)NCCc3ccco3)nn2C[C@@]1(C)C(=O)NC1CCCC1. The fourth-order valence-corrected chi connectivity index (χ4v) is 4.58. The second kappa shape index (κ2) is 9.18. The third kappa shape index (κ3) is 4.28. The van der Waals surface area contributed by atoms with Gasteiger partial charge >= 0.3 is 0 Å². The van der Waals surface area contributed by atoms with E-state index in [0.717, 1.165) is 37.9 Å². The molecule has 1 atom stereocenters. The van der Waals surface area contributed by atoms with Crippen LogP contribution in [0.5, 0.6) is 0 Å². The molecular formula is C23H31N5O4. The largest absolute Gasteiger partial charge is 0.469 e. The highest BCUT2D eigenvalue weighted by atomic mass is 16.3. The highest BCUT2D eigenvalue weighted by Gasteiger charge is 2.48. The molecule has 0 bridgehead atoms. The molecule has 9 heteroatoms. The topological polar surface area (TPSA) is 109 Å². The fraction of sp³-hybridized carbons (Fsp3) is 0.565. The second-order valence-electron chi connectivity index (χ2n) is 8.84. The van der Waals surface area contributed by atoms with Crippen molar-refractivity contribution in [1.82, 2.24) is 25.3 Å². The quantitative estimate of drug-likeness (QED) is 0.652. The van der Waals surface area contributed by atoms with Gasteiger partial charge in [-0.2, -0.15) is 5.10 Å². The number of nitrogens with one attached hydrogen (secondary N) is 2. The Kier molecular flexibility index (Phi) is 6.34. The van der Waals surface area contributed by atoms with Gasteiger partial charge in [0.15, 0.2) is 5.69 Å². The van der Waals surface area contributed by atoms with E-state index in [1.807, 2.05) is 13.0 Å². The Morgan fingerprint density at radius 1 is 1.31 bits per heavy atom. The lowest BCUT2D eigenvalue weighted by Gasteiger charge is -2.43. The van der Waals surface area contributed by atoms with Gasteiger partial charge < -0.3 is 20.0 Å². The number of hydrogen-bond donors (Lipinski definition) is 2. The molecule has 9 nitrogen and oxygen atoms in total. The number of aromatic nitrogens is 2. The molecule has 4 rings (SSSR count). The van der Waals surface area contributed by atoms with Crippen molar-refractivity contribution in [3.05, 3.63) is 41.6 Å². The summed E-state index contributed by atoms with van der Waals surface area (Å²) in [5, 5.41) is 10.3. The van der Waals surface area contributed by atoms with Gasteiger partial charge in [0.1, 0.15) is 17.0 Å². The molecule has 0 aromatic carbocycles. The predicted octanol–water partition coefficient (Wildman–Crippen LogP) is 2.13. The minimum absolute atomic E-state index is 0.156. The molecule has 0 saturated heterocycles. The van der Waals surface area contributed by atoms with Crippen LogP contribution in [0.3, 0.4) is 0 Å². The molecule has 0 radical (unpaired) electrons. The third-order valence-electron chi connectivity index (χ3n) is 6.39. The summed E-state index contributed by atoms with van der Waals surface area (Å²) in [5.74, 6) is -0.00428. The standard InChI is InChI=1S/C23H31N5O4/c1-3-12-27-21(30)19-14-18(20(29)24-11-10-17-9-6-13-32-17)26-28(19)15-23(27,2)22(31)25-16-7-4-5-8-16/h6,9,13-14,16H,3-5,7-8,10-12,15H2,1-2H3,(H,24,29)(H,25,31)/t23-/m0/s1. The van der Waals surface area contributed by atoms with Crippen molar-refractivity contribution in [3.8, 4) is 0 Å². The lowest BCUT2D eigenvalue weighted by atomic mass is 9.94. The molecule has 1 fully saturated rings. The summed E-state index contributed by atoms with van der Waals surface area (Å²) >= 11 is 0. The Morgan fingerprint density at radius 3 is 2.78 bits per heavy atom. The number of rotatable bonds is 8. The minimum atomic E-state index is -1.05. The second-order valence-corrected chi connectivity index (χ2v) is 8.84. The van der Waals surface area contributed by atoms with Crippen molar-refractivity contribution >= 4 is 17.7 Å². The summed E-state index contributed by atoms with van der Waals surface area (Å²) < 4.78 is 6.77. The van der Waals surface area contributed by atoms with Crippen molar-refractivity contribution in [2.45, 2.75) is 70.5 Å². The molecule has 2 N–H and O–H groups in total. The van der Waals surface area contributed by atoms with Gasteiger partial charge in [-0.3, -0.25) is 19.1 Å². The number of hydrogen-bond acceptors (Lipinski definition) is 5. The van der Waals surface area contributed by atoms with E-state index in [4.69, 9.17) is 4.42 Å². The first-order valence-corrected chi connectivity index (χ1v) is 11.4. The van der Waals surface area contributed by atoms with E-state index in [1.54, 1.807) is 24.2 Å². The van der Waals surface area contributed by atoms with Gasteiger partial charge in [-0.25, -0.2) is 0 Å². The van der Waals surface area contributed by atoms with Crippen LogP contribution in [0.2, 0.25) is 0 Å². The van der Waals surface area contributed by atoms with Crippen LogP contribution in [0.4, 0.5) is 0 Å². The molecule has 2 aromatic rings. The van der Waals surface area contributed by atoms with Crippen molar-refractivity contribution in [3.63, 3.8) is 0 Å². The monoisotopic (exact) mass is 441 g/mol. The van der Waals surface area contributed by atoms with E-state index in [1.165, 1.54) is 10.7 Å². The molecule has 32 heavy (non-hydrogen) atoms. The van der Waals surface area contributed by atoms with Crippen molar-refractivity contribution in [2.24, 2.45) is 0 Å². The number of nitrogens with zero attached hydrogens (tertiary/aromatic N) is 3. The van der Waals surface area contributed by atoms with E-state index in [2.05, 4.69) is 15.7 Å². The molecular weight excluding hydrogens is 410 g/mol. The van der Waals surface area contributed by atoms with Crippen LogP contribution >= 0.6 is 0 Å². The van der Waals surface area contributed by atoms with Crippen LogP contribution in [-0.2, 0) is 17.8 Å². The number of furan rings is 1. The molecule has 1 aliphatic carbocycles. The van der Waals surface area contributed by atoms with Gasteiger partial charge in [0.25, 0.3) is 11.8 Å². The van der Waals surface area contributed by atoms with Crippen LogP contribution in [0.15, 0.2) is 28.9 Å². The van der Waals surface area contributed by atoms with E-state index in [0.29, 0.717) is 25.2 Å². The molecule has 1 saturated carbocycles. The smallest absolute Gasteiger partial charge is 0.273 e. The van der Waals surface area contributed by atoms with E-state index < -0.39 is 5.54 Å². The first kappa shape index (κ1) is 22.1. The van der Waals surface area contributed by atoms with Gasteiger partial charge in [-0.05, 0) is 38.3 Å². The minimum Gasteiger partial charge on any atom is -0.469 e. The average molecular weight is 442 g/mol. The lowest BCUT2D eigenvalue weighted by Crippen LogP contribution is -2.65. The number of carbonyl (C=O) groups is 3. The lowest BCUT2D eigenvalue weighted by molar-refractivity contribution is -0.133. The summed E-state index contributed by atoms with van der Waals surface area (Å²) in [4.78, 5) is 40.8. The molecule has 1 aliphatic heterocycles. The highest BCUT2D eigenvalue weighted by Crippen LogP contribution is 2.29. The molecule has 3 amide bonds. The van der Waals surface area contributed by atoms with Crippen LogP contribution in [0.1, 0.15) is 72.7 Å². The van der Waals surface area contributed by atoms with Crippen molar-refractivity contribution in [2.75, 3.05) is 13.1 Å². The van der Waals surface area contributed by atoms with Crippen LogP contribution < -0.4 is 10.6 Å². The zero-order valence-corrected chi connectivity index (χ0v) is 18.7. The highest BCUT2D eigenvalue weighted by molar-refractivity contribution is 6.01. The third-order valence-corrected chi connectivity index (χ3v) is 6.39. The van der Waals surface area contributed by atoms with Crippen LogP contribution in [0, 0.1) is 0 Å². The zero-order valence-electron chi connectivity index (χ0n) is 18.7. The molecule has 3 heterocycles. The Balaban J connectivity index is 1.50. The maximum absolute atomic E-state index is 13.3.